The number of nitrogens with zero attached hydrogens (tertiary/aromatic N) is 3. The first-order chi connectivity index (χ1) is 9.49. The van der Waals surface area contributed by atoms with E-state index in [0.717, 1.165) is 6.42 Å². The van der Waals surface area contributed by atoms with Gasteiger partial charge in [0.2, 0.25) is 11.6 Å². The van der Waals surface area contributed by atoms with E-state index in [0.29, 0.717) is 11.6 Å². The van der Waals surface area contributed by atoms with Gasteiger partial charge in [-0.25, -0.2) is 0 Å². The lowest BCUT2D eigenvalue weighted by Crippen LogP contribution is -2.20. The first kappa shape index (κ1) is 14.0. The molecule has 0 aliphatic carbocycles. The Morgan fingerprint density at radius 1 is 1.40 bits per heavy atom. The van der Waals surface area contributed by atoms with Gasteiger partial charge >= 0.3 is 5.82 Å². The maximum absolute atomic E-state index is 11.0. The van der Waals surface area contributed by atoms with Crippen molar-refractivity contribution in [2.24, 2.45) is 7.05 Å². The van der Waals surface area contributed by atoms with Crippen molar-refractivity contribution >= 4 is 11.6 Å². The molecule has 0 fully saturated rings. The topological polar surface area (TPSA) is 73.0 Å². The second kappa shape index (κ2) is 5.73. The van der Waals surface area contributed by atoms with Gasteiger partial charge in [0.05, 0.1) is 0 Å². The van der Waals surface area contributed by atoms with E-state index in [1.807, 2.05) is 37.3 Å². The third-order valence-corrected chi connectivity index (χ3v) is 3.24. The van der Waals surface area contributed by atoms with Gasteiger partial charge in [-0.1, -0.05) is 30.3 Å². The average Bonchev–Trinajstić information content (AvgIpc) is 2.68. The van der Waals surface area contributed by atoms with Crippen LogP contribution in [0.1, 0.15) is 18.3 Å². The molecule has 106 valence electrons. The first-order valence-corrected chi connectivity index (χ1v) is 6.47. The minimum Gasteiger partial charge on any atom is -0.361 e. The van der Waals surface area contributed by atoms with Gasteiger partial charge in [-0.15, -0.1) is 0 Å². The molecule has 2 aromatic rings. The van der Waals surface area contributed by atoms with E-state index in [-0.39, 0.29) is 11.9 Å². The van der Waals surface area contributed by atoms with Crippen LogP contribution < -0.4 is 5.32 Å². The lowest BCUT2D eigenvalue weighted by Gasteiger charge is -2.15. The fraction of sp³-hybridized carbons (Fsp3) is 0.357. The summed E-state index contributed by atoms with van der Waals surface area (Å²) in [5.74, 6) is 0.951. The van der Waals surface area contributed by atoms with Gasteiger partial charge in [0.25, 0.3) is 0 Å². The summed E-state index contributed by atoms with van der Waals surface area (Å²) in [7, 11) is 1.77. The van der Waals surface area contributed by atoms with E-state index >= 15 is 0 Å². The summed E-state index contributed by atoms with van der Waals surface area (Å²) in [6, 6.07) is 10.1. The van der Waals surface area contributed by atoms with Crippen molar-refractivity contribution in [1.82, 2.24) is 9.55 Å². The van der Waals surface area contributed by atoms with E-state index in [2.05, 4.69) is 10.3 Å². The molecule has 6 heteroatoms. The third kappa shape index (κ3) is 2.96. The molecular formula is C14H18N4O2. The molecular weight excluding hydrogens is 256 g/mol. The van der Waals surface area contributed by atoms with E-state index in [1.165, 1.54) is 5.56 Å². The van der Waals surface area contributed by atoms with E-state index in [1.54, 1.807) is 18.5 Å². The molecule has 1 unspecified atom stereocenters. The van der Waals surface area contributed by atoms with Crippen molar-refractivity contribution in [3.8, 4) is 0 Å². The molecule has 20 heavy (non-hydrogen) atoms. The predicted octanol–water partition coefficient (Wildman–Crippen LogP) is 2.68. The minimum atomic E-state index is -0.454. The van der Waals surface area contributed by atoms with Crippen molar-refractivity contribution in [2.45, 2.75) is 26.3 Å². The minimum absolute atomic E-state index is 0.0749. The highest BCUT2D eigenvalue weighted by Crippen LogP contribution is 2.24. The summed E-state index contributed by atoms with van der Waals surface area (Å²) in [5.41, 5.74) is 1.19. The Morgan fingerprint density at radius 3 is 2.65 bits per heavy atom. The SMILES string of the molecule is Cc1nc([N+](=O)[O-])c(NC(C)Cc2ccccc2)n1C. The van der Waals surface area contributed by atoms with Gasteiger partial charge in [0.15, 0.2) is 0 Å². The number of hydrogen-bond acceptors (Lipinski definition) is 4. The molecule has 0 aliphatic rings. The molecule has 1 aromatic carbocycles. The van der Waals surface area contributed by atoms with Crippen molar-refractivity contribution in [1.29, 1.82) is 0 Å². The van der Waals surface area contributed by atoms with Crippen LogP contribution in [0.2, 0.25) is 0 Å². The van der Waals surface area contributed by atoms with Crippen LogP contribution in [-0.4, -0.2) is 20.5 Å². The Kier molecular flexibility index (Phi) is 4.02. The summed E-state index contributed by atoms with van der Waals surface area (Å²) in [4.78, 5) is 14.5. The molecule has 0 bridgehead atoms. The number of nitrogens with one attached hydrogen (secondary N) is 1. The number of benzene rings is 1. The Morgan fingerprint density at radius 2 is 2.05 bits per heavy atom. The molecule has 0 radical (unpaired) electrons. The number of rotatable bonds is 5. The summed E-state index contributed by atoms with van der Waals surface area (Å²) in [5, 5.41) is 14.2. The van der Waals surface area contributed by atoms with Crippen LogP contribution in [0.5, 0.6) is 0 Å². The number of hydrogen-bond donors (Lipinski definition) is 1. The molecule has 1 N–H and O–H groups in total. The van der Waals surface area contributed by atoms with Gasteiger partial charge in [-0.05, 0) is 28.8 Å². The molecule has 1 heterocycles. The van der Waals surface area contributed by atoms with E-state index in [9.17, 15) is 10.1 Å². The molecule has 1 aromatic heterocycles. The standard InChI is InChI=1S/C14H18N4O2/c1-10(9-12-7-5-4-6-8-12)15-13-14(18(19)20)16-11(2)17(13)3/h4-8,10,15H,9H2,1-3H3. The first-order valence-electron chi connectivity index (χ1n) is 6.47. The van der Waals surface area contributed by atoms with Crippen LogP contribution in [0.15, 0.2) is 30.3 Å². The predicted molar refractivity (Wildman–Crippen MR) is 77.8 cm³/mol. The molecule has 0 spiro atoms. The van der Waals surface area contributed by atoms with Crippen LogP contribution in [0.3, 0.4) is 0 Å². The van der Waals surface area contributed by atoms with Gasteiger partial charge < -0.3 is 15.4 Å². The van der Waals surface area contributed by atoms with Gasteiger partial charge in [0.1, 0.15) is 0 Å². The zero-order chi connectivity index (χ0) is 14.7. The molecule has 0 saturated carbocycles. The molecule has 0 aliphatic heterocycles. The number of imidazole rings is 1. The van der Waals surface area contributed by atoms with Crippen molar-refractivity contribution in [3.05, 3.63) is 51.8 Å². The number of anilines is 1. The lowest BCUT2D eigenvalue weighted by atomic mass is 10.1. The highest BCUT2D eigenvalue weighted by atomic mass is 16.6. The maximum atomic E-state index is 11.0. The number of aryl methyl sites for hydroxylation is 1. The Hall–Kier alpha value is -2.37. The quantitative estimate of drug-likeness (QED) is 0.672. The van der Waals surface area contributed by atoms with Crippen molar-refractivity contribution in [3.63, 3.8) is 0 Å². The fourth-order valence-corrected chi connectivity index (χ4v) is 2.13. The van der Waals surface area contributed by atoms with Crippen molar-refractivity contribution in [2.75, 3.05) is 5.32 Å². The van der Waals surface area contributed by atoms with Gasteiger partial charge in [-0.2, -0.15) is 0 Å². The van der Waals surface area contributed by atoms with Crippen LogP contribution >= 0.6 is 0 Å². The average molecular weight is 274 g/mol. The van der Waals surface area contributed by atoms with Crippen LogP contribution in [0, 0.1) is 17.0 Å². The lowest BCUT2D eigenvalue weighted by molar-refractivity contribution is -0.388. The smallest absolute Gasteiger partial charge is 0.361 e. The van der Waals surface area contributed by atoms with Gasteiger partial charge in [0, 0.05) is 20.0 Å². The normalized spacial score (nSPS) is 12.2. The Balaban J connectivity index is 2.15. The van der Waals surface area contributed by atoms with Gasteiger partial charge in [-0.3, -0.25) is 4.57 Å². The van der Waals surface area contributed by atoms with E-state index in [4.69, 9.17) is 0 Å². The Labute approximate surface area is 117 Å². The largest absolute Gasteiger partial charge is 0.406 e. The number of aromatic nitrogens is 2. The van der Waals surface area contributed by atoms with Crippen LogP contribution in [0.25, 0.3) is 0 Å². The Bertz CT molecular complexity index is 607. The summed E-state index contributed by atoms with van der Waals surface area (Å²) >= 11 is 0. The van der Waals surface area contributed by atoms with Crippen molar-refractivity contribution < 1.29 is 4.92 Å². The number of nitro groups is 1. The summed E-state index contributed by atoms with van der Waals surface area (Å²) < 4.78 is 1.71. The maximum Gasteiger partial charge on any atom is 0.406 e. The zero-order valence-corrected chi connectivity index (χ0v) is 11.8. The second-order valence-corrected chi connectivity index (χ2v) is 4.88. The molecule has 2 rings (SSSR count). The van der Waals surface area contributed by atoms with Crippen LogP contribution in [0.4, 0.5) is 11.6 Å². The highest BCUT2D eigenvalue weighted by Gasteiger charge is 2.24. The third-order valence-electron chi connectivity index (χ3n) is 3.24. The second-order valence-electron chi connectivity index (χ2n) is 4.88. The molecule has 1 atom stereocenters. The molecule has 6 nitrogen and oxygen atoms in total. The monoisotopic (exact) mass is 274 g/mol. The molecule has 0 amide bonds. The summed E-state index contributed by atoms with van der Waals surface area (Å²) in [6.07, 6.45) is 0.794. The van der Waals surface area contributed by atoms with E-state index < -0.39 is 4.92 Å². The highest BCUT2D eigenvalue weighted by molar-refractivity contribution is 5.54. The summed E-state index contributed by atoms with van der Waals surface area (Å²) in [6.45, 7) is 3.75. The molecule has 0 saturated heterocycles. The van der Waals surface area contributed by atoms with Crippen LogP contribution in [-0.2, 0) is 13.5 Å². The fourth-order valence-electron chi connectivity index (χ4n) is 2.13. The zero-order valence-electron chi connectivity index (χ0n) is 11.8.